The van der Waals surface area contributed by atoms with Gasteiger partial charge in [-0.25, -0.2) is 31.1 Å². The SMILES string of the molecule is CN(C)S(=O)(=O)c1cnc(Cl)c(Br)c1.O=S(=O)(Cl)c1cnc(Cl)c(Br)c1. The number of hydrogen-bond donors (Lipinski definition) is 0. The highest BCUT2D eigenvalue weighted by molar-refractivity contribution is 9.10. The van der Waals surface area contributed by atoms with E-state index in [1.807, 2.05) is 0 Å². The van der Waals surface area contributed by atoms with Crippen LogP contribution in [0, 0.1) is 0 Å². The molecular formula is C12H10Br2Cl3N3O4S2. The Morgan fingerprint density at radius 3 is 1.62 bits per heavy atom. The maximum absolute atomic E-state index is 11.6. The molecule has 2 heterocycles. The Morgan fingerprint density at radius 1 is 0.885 bits per heavy atom. The highest BCUT2D eigenvalue weighted by Crippen LogP contribution is 2.25. The summed E-state index contributed by atoms with van der Waals surface area (Å²) in [5.41, 5.74) is 0. The van der Waals surface area contributed by atoms with Crippen molar-refractivity contribution in [3.63, 3.8) is 0 Å². The first kappa shape index (κ1) is 24.0. The topological polar surface area (TPSA) is 97.3 Å². The summed E-state index contributed by atoms with van der Waals surface area (Å²) in [6.07, 6.45) is 2.32. The molecule has 144 valence electrons. The van der Waals surface area contributed by atoms with Gasteiger partial charge >= 0.3 is 0 Å². The molecule has 0 atom stereocenters. The molecule has 0 saturated heterocycles. The van der Waals surface area contributed by atoms with Crippen LogP contribution in [0.2, 0.25) is 10.3 Å². The lowest BCUT2D eigenvalue weighted by Gasteiger charge is -2.10. The number of pyridine rings is 2. The molecule has 0 N–H and O–H groups in total. The van der Waals surface area contributed by atoms with Crippen LogP contribution in [-0.4, -0.2) is 45.2 Å². The number of halogens is 5. The Hall–Kier alpha value is -0.0100. The minimum atomic E-state index is -3.72. The zero-order chi connectivity index (χ0) is 20.3. The number of rotatable bonds is 3. The van der Waals surface area contributed by atoms with Crippen LogP contribution in [0.5, 0.6) is 0 Å². The molecule has 2 aromatic rings. The average Bonchev–Trinajstić information content (AvgIpc) is 2.52. The quantitative estimate of drug-likeness (QED) is 0.393. The van der Waals surface area contributed by atoms with E-state index in [2.05, 4.69) is 41.8 Å². The van der Waals surface area contributed by atoms with Gasteiger partial charge in [-0.1, -0.05) is 23.2 Å². The predicted molar refractivity (Wildman–Crippen MR) is 108 cm³/mol. The van der Waals surface area contributed by atoms with Gasteiger partial charge in [-0.05, 0) is 44.0 Å². The van der Waals surface area contributed by atoms with Gasteiger partial charge in [-0.2, -0.15) is 0 Å². The third-order valence-corrected chi connectivity index (χ3v) is 7.97. The summed E-state index contributed by atoms with van der Waals surface area (Å²) in [6, 6.07) is 2.71. The number of hydrogen-bond acceptors (Lipinski definition) is 6. The summed E-state index contributed by atoms with van der Waals surface area (Å²) in [4.78, 5) is 7.37. The van der Waals surface area contributed by atoms with Gasteiger partial charge in [0.25, 0.3) is 9.05 Å². The van der Waals surface area contributed by atoms with Gasteiger partial charge in [0.15, 0.2) is 0 Å². The molecule has 2 rings (SSSR count). The first-order valence-electron chi connectivity index (χ1n) is 6.26. The molecular weight excluding hydrogens is 580 g/mol. The summed E-state index contributed by atoms with van der Waals surface area (Å²) in [5, 5.41) is 0.432. The molecule has 0 saturated carbocycles. The molecule has 0 unspecified atom stereocenters. The summed E-state index contributed by atoms with van der Waals surface area (Å²) in [7, 11) is 0.809. The van der Waals surface area contributed by atoms with E-state index < -0.39 is 19.1 Å². The third-order valence-electron chi connectivity index (χ3n) is 2.60. The zero-order valence-corrected chi connectivity index (χ0v) is 20.1. The lowest BCUT2D eigenvalue weighted by Crippen LogP contribution is -2.22. The Bertz CT molecular complexity index is 1020. The van der Waals surface area contributed by atoms with Crippen LogP contribution in [0.4, 0.5) is 0 Å². The van der Waals surface area contributed by atoms with Crippen molar-refractivity contribution in [3.8, 4) is 0 Å². The van der Waals surface area contributed by atoms with Gasteiger partial charge in [0.1, 0.15) is 20.1 Å². The number of sulfonamides is 1. The Kier molecular flexibility index (Phi) is 8.74. The van der Waals surface area contributed by atoms with E-state index in [0.717, 1.165) is 10.5 Å². The van der Waals surface area contributed by atoms with Crippen molar-refractivity contribution in [2.24, 2.45) is 0 Å². The number of aromatic nitrogens is 2. The van der Waals surface area contributed by atoms with Crippen LogP contribution < -0.4 is 0 Å². The van der Waals surface area contributed by atoms with Crippen molar-refractivity contribution in [1.29, 1.82) is 0 Å². The largest absolute Gasteiger partial charge is 0.262 e. The van der Waals surface area contributed by atoms with Gasteiger partial charge in [0.05, 0.1) is 8.95 Å². The van der Waals surface area contributed by atoms with Crippen LogP contribution in [0.1, 0.15) is 0 Å². The molecule has 0 aromatic carbocycles. The monoisotopic (exact) mass is 587 g/mol. The minimum absolute atomic E-state index is 0.0829. The van der Waals surface area contributed by atoms with Crippen molar-refractivity contribution >= 4 is 84.8 Å². The van der Waals surface area contributed by atoms with Gasteiger partial charge in [-0.15, -0.1) is 0 Å². The molecule has 0 fully saturated rings. The summed E-state index contributed by atoms with van der Waals surface area (Å²) < 4.78 is 46.7. The van der Waals surface area contributed by atoms with Crippen LogP contribution >= 0.6 is 65.7 Å². The second-order valence-corrected chi connectivity index (χ2v) is 11.8. The van der Waals surface area contributed by atoms with Crippen LogP contribution in [0.15, 0.2) is 43.3 Å². The van der Waals surface area contributed by atoms with E-state index in [1.165, 1.54) is 32.4 Å². The van der Waals surface area contributed by atoms with E-state index in [-0.39, 0.29) is 20.1 Å². The fraction of sp³-hybridized carbons (Fsp3) is 0.167. The van der Waals surface area contributed by atoms with E-state index >= 15 is 0 Å². The summed E-state index contributed by atoms with van der Waals surface area (Å²) >= 11 is 17.3. The maximum atomic E-state index is 11.6. The number of nitrogens with zero attached hydrogens (tertiary/aromatic N) is 3. The molecule has 0 aliphatic carbocycles. The highest BCUT2D eigenvalue weighted by atomic mass is 79.9. The molecule has 0 radical (unpaired) electrons. The maximum Gasteiger partial charge on any atom is 0.262 e. The molecule has 0 aliphatic rings. The standard InChI is InChI=1S/C7H8BrClN2O2S.C5H2BrCl2NO2S/c1-11(2)14(12,13)5-3-6(8)7(9)10-4-5;6-4-1-3(12(8,10)11)2-9-5(4)7/h3-4H,1-2H3;1-2H. The lowest BCUT2D eigenvalue weighted by molar-refractivity contribution is 0.520. The van der Waals surface area contributed by atoms with Crippen molar-refractivity contribution in [2.75, 3.05) is 14.1 Å². The van der Waals surface area contributed by atoms with Crippen LogP contribution in [0.25, 0.3) is 0 Å². The highest BCUT2D eigenvalue weighted by Gasteiger charge is 2.18. The van der Waals surface area contributed by atoms with Crippen molar-refractivity contribution in [1.82, 2.24) is 14.3 Å². The normalized spacial score (nSPS) is 11.8. The van der Waals surface area contributed by atoms with Gasteiger partial charge in [-0.3, -0.25) is 0 Å². The third kappa shape index (κ3) is 6.55. The van der Waals surface area contributed by atoms with Gasteiger partial charge in [0, 0.05) is 37.2 Å². The molecule has 26 heavy (non-hydrogen) atoms. The van der Waals surface area contributed by atoms with Crippen molar-refractivity contribution in [3.05, 3.63) is 43.8 Å². The van der Waals surface area contributed by atoms with Crippen LogP contribution in [-0.2, 0) is 19.1 Å². The smallest absolute Gasteiger partial charge is 0.242 e. The molecule has 0 bridgehead atoms. The molecule has 7 nitrogen and oxygen atoms in total. The second kappa shape index (κ2) is 9.46. The van der Waals surface area contributed by atoms with Crippen molar-refractivity contribution in [2.45, 2.75) is 9.79 Å². The molecule has 0 amide bonds. The van der Waals surface area contributed by atoms with E-state index in [4.69, 9.17) is 33.9 Å². The van der Waals surface area contributed by atoms with Gasteiger partial charge < -0.3 is 0 Å². The molecule has 0 aliphatic heterocycles. The fourth-order valence-corrected chi connectivity index (χ4v) is 4.07. The van der Waals surface area contributed by atoms with E-state index in [9.17, 15) is 16.8 Å². The Labute approximate surface area is 182 Å². The van der Waals surface area contributed by atoms with E-state index in [1.54, 1.807) is 0 Å². The Balaban J connectivity index is 0.000000263. The first-order chi connectivity index (χ1) is 11.8. The summed E-state index contributed by atoms with van der Waals surface area (Å²) in [5.74, 6) is 0. The van der Waals surface area contributed by atoms with Gasteiger partial charge in [0.2, 0.25) is 10.0 Å². The van der Waals surface area contributed by atoms with Crippen molar-refractivity contribution < 1.29 is 16.8 Å². The predicted octanol–water partition coefficient (Wildman–Crippen LogP) is 4.17. The molecule has 0 spiro atoms. The first-order valence-corrected chi connectivity index (χ1v) is 12.3. The van der Waals surface area contributed by atoms with E-state index in [0.29, 0.717) is 8.95 Å². The second-order valence-electron chi connectivity index (χ2n) is 4.61. The summed E-state index contributed by atoms with van der Waals surface area (Å²) in [6.45, 7) is 0. The fourth-order valence-electron chi connectivity index (χ4n) is 1.29. The molecule has 2 aromatic heterocycles. The average molecular weight is 591 g/mol. The molecule has 14 heteroatoms. The minimum Gasteiger partial charge on any atom is -0.242 e. The van der Waals surface area contributed by atoms with Crippen LogP contribution in [0.3, 0.4) is 0 Å². The Morgan fingerprint density at radius 2 is 1.27 bits per heavy atom. The lowest BCUT2D eigenvalue weighted by atomic mass is 10.5. The zero-order valence-electron chi connectivity index (χ0n) is 13.0.